The molecule has 1 saturated heterocycles. The number of para-hydroxylation sites is 1. The molecule has 29 heavy (non-hydrogen) atoms. The maximum atomic E-state index is 13.2. The molecule has 2 aliphatic rings. The minimum atomic E-state index is -0.836. The molecule has 2 heterocycles. The third-order valence-corrected chi connectivity index (χ3v) is 5.65. The van der Waals surface area contributed by atoms with Crippen LogP contribution in [0.25, 0.3) is 0 Å². The third kappa shape index (κ3) is 3.70. The van der Waals surface area contributed by atoms with Crippen LogP contribution in [0.4, 0.5) is 4.39 Å². The Hall–Kier alpha value is -2.93. The van der Waals surface area contributed by atoms with Gasteiger partial charge in [-0.1, -0.05) is 24.3 Å². The highest BCUT2D eigenvalue weighted by Gasteiger charge is 2.53. The molecule has 0 radical (unpaired) electrons. The maximum Gasteiger partial charge on any atom is 0.255 e. The van der Waals surface area contributed by atoms with E-state index in [9.17, 15) is 14.0 Å². The fraction of sp³-hybridized carbons (Fsp3) is 0.364. The van der Waals surface area contributed by atoms with Crippen molar-refractivity contribution in [3.8, 4) is 5.75 Å². The number of hydrogen-bond donors (Lipinski definition) is 1. The molecule has 2 aromatic rings. The van der Waals surface area contributed by atoms with Crippen LogP contribution in [0.3, 0.4) is 0 Å². The molecule has 1 N–H and O–H groups in total. The molecular weight excluding hydrogens is 373 g/mol. The van der Waals surface area contributed by atoms with Crippen molar-refractivity contribution in [1.82, 2.24) is 15.1 Å². The van der Waals surface area contributed by atoms with Crippen molar-refractivity contribution < 1.29 is 18.7 Å². The molecule has 2 atom stereocenters. The number of nitrogens with zero attached hydrogens (tertiary/aromatic N) is 2. The van der Waals surface area contributed by atoms with Gasteiger partial charge >= 0.3 is 0 Å². The van der Waals surface area contributed by atoms with Crippen LogP contribution < -0.4 is 10.1 Å². The number of hydrogen-bond acceptors (Lipinski definition) is 4. The summed E-state index contributed by atoms with van der Waals surface area (Å²) in [6, 6.07) is 13.4. The predicted molar refractivity (Wildman–Crippen MR) is 106 cm³/mol. The summed E-state index contributed by atoms with van der Waals surface area (Å²) in [6.07, 6.45) is 0. The summed E-state index contributed by atoms with van der Waals surface area (Å²) in [5.74, 6) is -0.500. The summed E-state index contributed by atoms with van der Waals surface area (Å²) >= 11 is 0. The van der Waals surface area contributed by atoms with Crippen LogP contribution in [-0.2, 0) is 11.3 Å². The van der Waals surface area contributed by atoms with E-state index in [2.05, 4.69) is 10.2 Å². The summed E-state index contributed by atoms with van der Waals surface area (Å²) in [5.41, 5.74) is 0.582. The molecule has 1 fully saturated rings. The predicted octanol–water partition coefficient (Wildman–Crippen LogP) is 1.91. The number of amides is 2. The van der Waals surface area contributed by atoms with E-state index in [1.54, 1.807) is 49.3 Å². The number of benzene rings is 2. The lowest BCUT2D eigenvalue weighted by Crippen LogP contribution is -2.60. The molecule has 0 bridgehead atoms. The lowest BCUT2D eigenvalue weighted by atomic mass is 9.86. The normalized spacial score (nSPS) is 23.8. The zero-order valence-electron chi connectivity index (χ0n) is 16.5. The second-order valence-electron chi connectivity index (χ2n) is 7.98. The van der Waals surface area contributed by atoms with Crippen LogP contribution in [0.2, 0.25) is 0 Å². The number of carbonyl (C=O) groups excluding carboxylic acids is 2. The summed E-state index contributed by atoms with van der Waals surface area (Å²) in [4.78, 5) is 29.6. The van der Waals surface area contributed by atoms with Gasteiger partial charge in [-0.15, -0.1) is 0 Å². The summed E-state index contributed by atoms with van der Waals surface area (Å²) in [5, 5.41) is 3.11. The smallest absolute Gasteiger partial charge is 0.255 e. The van der Waals surface area contributed by atoms with Crippen LogP contribution in [0.15, 0.2) is 48.5 Å². The van der Waals surface area contributed by atoms with Gasteiger partial charge in [-0.25, -0.2) is 4.39 Å². The van der Waals surface area contributed by atoms with Crippen LogP contribution in [0.5, 0.6) is 5.75 Å². The van der Waals surface area contributed by atoms with Crippen molar-refractivity contribution >= 4 is 11.8 Å². The molecule has 7 heteroatoms. The molecule has 6 nitrogen and oxygen atoms in total. The fourth-order valence-corrected chi connectivity index (χ4v) is 4.19. The second-order valence-corrected chi connectivity index (χ2v) is 7.98. The topological polar surface area (TPSA) is 61.9 Å². The largest absolute Gasteiger partial charge is 0.490 e. The molecular formula is C22H24FN3O3. The Balaban J connectivity index is 1.63. The Morgan fingerprint density at radius 1 is 1.24 bits per heavy atom. The summed E-state index contributed by atoms with van der Waals surface area (Å²) in [7, 11) is 3.43. The van der Waals surface area contributed by atoms with Crippen molar-refractivity contribution in [3.05, 3.63) is 65.5 Å². The fourth-order valence-electron chi connectivity index (χ4n) is 4.19. The first kappa shape index (κ1) is 19.4. The van der Waals surface area contributed by atoms with Gasteiger partial charge in [0.1, 0.15) is 18.2 Å². The van der Waals surface area contributed by atoms with Gasteiger partial charge in [-0.2, -0.15) is 0 Å². The monoisotopic (exact) mass is 397 g/mol. The van der Waals surface area contributed by atoms with Gasteiger partial charge in [0.05, 0.1) is 17.0 Å². The van der Waals surface area contributed by atoms with E-state index in [1.807, 2.05) is 6.07 Å². The molecule has 0 saturated carbocycles. The van der Waals surface area contributed by atoms with Crippen molar-refractivity contribution in [1.29, 1.82) is 0 Å². The van der Waals surface area contributed by atoms with Gasteiger partial charge < -0.3 is 15.0 Å². The Bertz CT molecular complexity index is 931. The molecule has 4 rings (SSSR count). The molecule has 2 aromatic carbocycles. The van der Waals surface area contributed by atoms with Gasteiger partial charge in [0.2, 0.25) is 5.91 Å². The number of ether oxygens (including phenoxy) is 1. The number of halogens is 1. The first-order chi connectivity index (χ1) is 13.9. The molecule has 2 aliphatic heterocycles. The highest BCUT2D eigenvalue weighted by atomic mass is 19.1. The molecule has 0 unspecified atom stereocenters. The quantitative estimate of drug-likeness (QED) is 0.860. The number of carbonyl (C=O) groups is 2. The first-order valence-corrected chi connectivity index (χ1v) is 9.60. The molecule has 0 aliphatic carbocycles. The zero-order chi connectivity index (χ0) is 20.6. The van der Waals surface area contributed by atoms with E-state index in [-0.39, 0.29) is 24.2 Å². The SMILES string of the molecule is CN(C)C(=O)[C@H]1CN(Cc2ccc(F)cc2)C[C@@]12COc1ccccc1C(=O)N2. The molecule has 152 valence electrons. The third-order valence-electron chi connectivity index (χ3n) is 5.65. The molecule has 0 aromatic heterocycles. The van der Waals surface area contributed by atoms with Gasteiger partial charge in [0.25, 0.3) is 5.91 Å². The Morgan fingerprint density at radius 3 is 2.69 bits per heavy atom. The van der Waals surface area contributed by atoms with E-state index < -0.39 is 11.5 Å². The van der Waals surface area contributed by atoms with Crippen LogP contribution >= 0.6 is 0 Å². The molecule has 2 amide bonds. The van der Waals surface area contributed by atoms with E-state index in [1.165, 1.54) is 12.1 Å². The van der Waals surface area contributed by atoms with Crippen molar-refractivity contribution in [3.63, 3.8) is 0 Å². The number of nitrogens with one attached hydrogen (secondary N) is 1. The highest BCUT2D eigenvalue weighted by Crippen LogP contribution is 2.34. The van der Waals surface area contributed by atoms with E-state index in [0.717, 1.165) is 5.56 Å². The standard InChI is InChI=1S/C22H24FN3O3/c1-25(2)21(28)18-12-26(11-15-7-9-16(23)10-8-15)13-22(18)14-29-19-6-4-3-5-17(19)20(27)24-22/h3-10,18H,11-14H2,1-2H3,(H,24,27)/t18-,22-/m1/s1. The summed E-state index contributed by atoms with van der Waals surface area (Å²) < 4.78 is 19.2. The lowest BCUT2D eigenvalue weighted by Gasteiger charge is -2.34. The number of fused-ring (bicyclic) bond motifs is 1. The van der Waals surface area contributed by atoms with Crippen molar-refractivity contribution in [2.45, 2.75) is 12.1 Å². The van der Waals surface area contributed by atoms with Crippen molar-refractivity contribution in [2.24, 2.45) is 5.92 Å². The minimum Gasteiger partial charge on any atom is -0.490 e. The van der Waals surface area contributed by atoms with E-state index in [0.29, 0.717) is 30.9 Å². The Labute approximate surface area is 169 Å². The highest BCUT2D eigenvalue weighted by molar-refractivity contribution is 5.98. The Morgan fingerprint density at radius 2 is 1.97 bits per heavy atom. The minimum absolute atomic E-state index is 0.0542. The zero-order valence-corrected chi connectivity index (χ0v) is 16.5. The number of rotatable bonds is 3. The van der Waals surface area contributed by atoms with Crippen LogP contribution in [0.1, 0.15) is 15.9 Å². The maximum absolute atomic E-state index is 13.2. The second kappa shape index (κ2) is 7.48. The van der Waals surface area contributed by atoms with Gasteiger partial charge in [0, 0.05) is 33.7 Å². The lowest BCUT2D eigenvalue weighted by molar-refractivity contribution is -0.134. The average molecular weight is 397 g/mol. The van der Waals surface area contributed by atoms with Gasteiger partial charge in [-0.3, -0.25) is 14.5 Å². The van der Waals surface area contributed by atoms with Crippen LogP contribution in [-0.4, -0.2) is 60.9 Å². The first-order valence-electron chi connectivity index (χ1n) is 9.60. The number of likely N-dealkylation sites (tertiary alicyclic amines) is 1. The Kier molecular flexibility index (Phi) is 5.00. The van der Waals surface area contributed by atoms with Gasteiger partial charge in [-0.05, 0) is 29.8 Å². The van der Waals surface area contributed by atoms with E-state index >= 15 is 0 Å². The van der Waals surface area contributed by atoms with E-state index in [4.69, 9.17) is 4.74 Å². The summed E-state index contributed by atoms with van der Waals surface area (Å²) in [6.45, 7) is 1.71. The van der Waals surface area contributed by atoms with Crippen LogP contribution in [0, 0.1) is 11.7 Å². The van der Waals surface area contributed by atoms with Crippen molar-refractivity contribution in [2.75, 3.05) is 33.8 Å². The van der Waals surface area contributed by atoms with Gasteiger partial charge in [0.15, 0.2) is 0 Å². The average Bonchev–Trinajstić information content (AvgIpc) is 2.97. The molecule has 1 spiro atoms.